The minimum atomic E-state index is 0.215. The van der Waals surface area contributed by atoms with Crippen molar-refractivity contribution in [2.24, 2.45) is 17.6 Å². The molecule has 0 radical (unpaired) electrons. The van der Waals surface area contributed by atoms with Crippen molar-refractivity contribution in [2.45, 2.75) is 58.3 Å². The minimum absolute atomic E-state index is 0.215. The summed E-state index contributed by atoms with van der Waals surface area (Å²) in [6.07, 6.45) is 9.31. The van der Waals surface area contributed by atoms with Crippen molar-refractivity contribution in [3.63, 3.8) is 0 Å². The SMILES string of the molecule is CC(CCN)CCC(=O)NCCC1CCCC1. The van der Waals surface area contributed by atoms with Crippen LogP contribution in [0.2, 0.25) is 0 Å². The van der Waals surface area contributed by atoms with Gasteiger partial charge in [-0.2, -0.15) is 0 Å². The van der Waals surface area contributed by atoms with Gasteiger partial charge in [0.05, 0.1) is 0 Å². The first-order valence-electron chi connectivity index (χ1n) is 7.19. The quantitative estimate of drug-likeness (QED) is 0.684. The Hall–Kier alpha value is -0.570. The maximum Gasteiger partial charge on any atom is 0.220 e. The van der Waals surface area contributed by atoms with Crippen LogP contribution in [-0.4, -0.2) is 19.0 Å². The van der Waals surface area contributed by atoms with Crippen molar-refractivity contribution in [1.82, 2.24) is 5.32 Å². The molecule has 1 unspecified atom stereocenters. The van der Waals surface area contributed by atoms with Crippen molar-refractivity contribution in [3.05, 3.63) is 0 Å². The van der Waals surface area contributed by atoms with Crippen molar-refractivity contribution >= 4 is 5.91 Å². The molecule has 0 aromatic heterocycles. The zero-order chi connectivity index (χ0) is 12.5. The van der Waals surface area contributed by atoms with Crippen LogP contribution in [0.15, 0.2) is 0 Å². The van der Waals surface area contributed by atoms with E-state index < -0.39 is 0 Å². The molecule has 0 saturated heterocycles. The van der Waals surface area contributed by atoms with Crippen LogP contribution >= 0.6 is 0 Å². The lowest BCUT2D eigenvalue weighted by atomic mass is 10.0. The standard InChI is InChI=1S/C14H28N2O/c1-12(8-10-15)6-7-14(17)16-11-9-13-4-2-3-5-13/h12-13H,2-11,15H2,1H3,(H,16,17). The van der Waals surface area contributed by atoms with E-state index in [9.17, 15) is 4.79 Å². The first kappa shape index (κ1) is 14.5. The van der Waals surface area contributed by atoms with E-state index in [0.717, 1.165) is 31.8 Å². The van der Waals surface area contributed by atoms with Gasteiger partial charge in [-0.3, -0.25) is 4.79 Å². The summed E-state index contributed by atoms with van der Waals surface area (Å²) in [5.41, 5.74) is 5.49. The topological polar surface area (TPSA) is 55.1 Å². The number of nitrogens with two attached hydrogens (primary N) is 1. The zero-order valence-electron chi connectivity index (χ0n) is 11.2. The zero-order valence-corrected chi connectivity index (χ0v) is 11.2. The normalized spacial score (nSPS) is 18.2. The molecule has 0 heterocycles. The van der Waals surface area contributed by atoms with E-state index in [1.54, 1.807) is 0 Å². The summed E-state index contributed by atoms with van der Waals surface area (Å²) >= 11 is 0. The van der Waals surface area contributed by atoms with Gasteiger partial charge >= 0.3 is 0 Å². The third-order valence-corrected chi connectivity index (χ3v) is 3.87. The predicted molar refractivity (Wildman–Crippen MR) is 71.7 cm³/mol. The highest BCUT2D eigenvalue weighted by molar-refractivity contribution is 5.75. The number of carbonyl (C=O) groups excluding carboxylic acids is 1. The molecule has 0 spiro atoms. The molecule has 1 amide bonds. The van der Waals surface area contributed by atoms with Gasteiger partial charge in [-0.15, -0.1) is 0 Å². The highest BCUT2D eigenvalue weighted by atomic mass is 16.1. The summed E-state index contributed by atoms with van der Waals surface area (Å²) in [6.45, 7) is 3.76. The highest BCUT2D eigenvalue weighted by Crippen LogP contribution is 2.26. The van der Waals surface area contributed by atoms with Gasteiger partial charge in [-0.05, 0) is 37.6 Å². The molecule has 0 aromatic rings. The molecule has 100 valence electrons. The Kier molecular flexibility index (Phi) is 7.25. The van der Waals surface area contributed by atoms with Crippen LogP contribution in [0, 0.1) is 11.8 Å². The van der Waals surface area contributed by atoms with E-state index in [-0.39, 0.29) is 5.91 Å². The lowest BCUT2D eigenvalue weighted by molar-refractivity contribution is -0.121. The Morgan fingerprint density at radius 1 is 1.35 bits per heavy atom. The lowest BCUT2D eigenvalue weighted by Gasteiger charge is -2.11. The average molecular weight is 240 g/mol. The molecule has 17 heavy (non-hydrogen) atoms. The summed E-state index contributed by atoms with van der Waals surface area (Å²) < 4.78 is 0. The van der Waals surface area contributed by atoms with Crippen LogP contribution in [0.5, 0.6) is 0 Å². The summed E-state index contributed by atoms with van der Waals surface area (Å²) in [6, 6.07) is 0. The fourth-order valence-electron chi connectivity index (χ4n) is 2.61. The second kappa shape index (κ2) is 8.51. The Bertz CT molecular complexity index is 212. The molecule has 1 aliphatic rings. The maximum absolute atomic E-state index is 11.6. The maximum atomic E-state index is 11.6. The largest absolute Gasteiger partial charge is 0.356 e. The van der Waals surface area contributed by atoms with E-state index in [1.165, 1.54) is 32.1 Å². The van der Waals surface area contributed by atoms with Crippen LogP contribution < -0.4 is 11.1 Å². The average Bonchev–Trinajstić information content (AvgIpc) is 2.80. The first-order chi connectivity index (χ1) is 8.22. The number of rotatable bonds is 8. The fourth-order valence-corrected chi connectivity index (χ4v) is 2.61. The molecule has 0 aliphatic heterocycles. The highest BCUT2D eigenvalue weighted by Gasteiger charge is 2.14. The Balaban J connectivity index is 1.96. The third kappa shape index (κ3) is 6.67. The van der Waals surface area contributed by atoms with Crippen molar-refractivity contribution in [1.29, 1.82) is 0 Å². The molecule has 3 N–H and O–H groups in total. The van der Waals surface area contributed by atoms with Crippen molar-refractivity contribution < 1.29 is 4.79 Å². The van der Waals surface area contributed by atoms with Crippen LogP contribution in [0.3, 0.4) is 0 Å². The molecule has 0 bridgehead atoms. The molecule has 0 aromatic carbocycles. The fraction of sp³-hybridized carbons (Fsp3) is 0.929. The molecule has 1 rings (SSSR count). The molecular weight excluding hydrogens is 212 g/mol. The Morgan fingerprint density at radius 3 is 2.71 bits per heavy atom. The number of amides is 1. The van der Waals surface area contributed by atoms with Gasteiger partial charge in [0.2, 0.25) is 5.91 Å². The number of hydrogen-bond acceptors (Lipinski definition) is 2. The molecular formula is C14H28N2O. The smallest absolute Gasteiger partial charge is 0.220 e. The molecule has 1 saturated carbocycles. The lowest BCUT2D eigenvalue weighted by Crippen LogP contribution is -2.25. The van der Waals surface area contributed by atoms with Gasteiger partial charge in [0.15, 0.2) is 0 Å². The van der Waals surface area contributed by atoms with E-state index in [1.807, 2.05) is 0 Å². The summed E-state index contributed by atoms with van der Waals surface area (Å²) in [5.74, 6) is 1.65. The molecule has 1 atom stereocenters. The molecule has 3 heteroatoms. The van der Waals surface area contributed by atoms with Crippen LogP contribution in [0.1, 0.15) is 58.3 Å². The van der Waals surface area contributed by atoms with Crippen LogP contribution in [0.25, 0.3) is 0 Å². The number of carbonyl (C=O) groups is 1. The van der Waals surface area contributed by atoms with Gasteiger partial charge in [-0.1, -0.05) is 32.6 Å². The van der Waals surface area contributed by atoms with E-state index in [4.69, 9.17) is 5.73 Å². The second-order valence-electron chi connectivity index (χ2n) is 5.51. The summed E-state index contributed by atoms with van der Waals surface area (Å²) in [5, 5.41) is 3.04. The number of nitrogens with one attached hydrogen (secondary N) is 1. The van der Waals surface area contributed by atoms with E-state index in [2.05, 4.69) is 12.2 Å². The Morgan fingerprint density at radius 2 is 2.06 bits per heavy atom. The van der Waals surface area contributed by atoms with Gasteiger partial charge in [-0.25, -0.2) is 0 Å². The molecule has 1 aliphatic carbocycles. The van der Waals surface area contributed by atoms with Crippen molar-refractivity contribution in [2.75, 3.05) is 13.1 Å². The van der Waals surface area contributed by atoms with E-state index >= 15 is 0 Å². The predicted octanol–water partition coefficient (Wildman–Crippen LogP) is 2.45. The number of hydrogen-bond donors (Lipinski definition) is 2. The van der Waals surface area contributed by atoms with Gasteiger partial charge < -0.3 is 11.1 Å². The van der Waals surface area contributed by atoms with Gasteiger partial charge in [0.1, 0.15) is 0 Å². The van der Waals surface area contributed by atoms with Crippen LogP contribution in [-0.2, 0) is 4.79 Å². The van der Waals surface area contributed by atoms with Gasteiger partial charge in [0.25, 0.3) is 0 Å². The monoisotopic (exact) mass is 240 g/mol. The van der Waals surface area contributed by atoms with Crippen LogP contribution in [0.4, 0.5) is 0 Å². The summed E-state index contributed by atoms with van der Waals surface area (Å²) in [7, 11) is 0. The second-order valence-corrected chi connectivity index (χ2v) is 5.51. The van der Waals surface area contributed by atoms with E-state index in [0.29, 0.717) is 12.3 Å². The molecule has 1 fully saturated rings. The summed E-state index contributed by atoms with van der Waals surface area (Å²) in [4.78, 5) is 11.6. The first-order valence-corrected chi connectivity index (χ1v) is 7.19. The minimum Gasteiger partial charge on any atom is -0.356 e. The van der Waals surface area contributed by atoms with Crippen molar-refractivity contribution in [3.8, 4) is 0 Å². The molecule has 3 nitrogen and oxygen atoms in total. The van der Waals surface area contributed by atoms with Gasteiger partial charge in [0, 0.05) is 13.0 Å². The Labute approximate surface area is 106 Å². The third-order valence-electron chi connectivity index (χ3n) is 3.87.